The number of carbonyl (C=O) groups is 1. The van der Waals surface area contributed by atoms with Crippen molar-refractivity contribution < 1.29 is 22.7 Å². The van der Waals surface area contributed by atoms with Crippen LogP contribution in [0.25, 0.3) is 0 Å². The summed E-state index contributed by atoms with van der Waals surface area (Å²) in [5.74, 6) is -0.488. The van der Waals surface area contributed by atoms with Gasteiger partial charge in [0, 0.05) is 25.8 Å². The van der Waals surface area contributed by atoms with Crippen LogP contribution in [0.3, 0.4) is 0 Å². The van der Waals surface area contributed by atoms with Gasteiger partial charge in [-0.3, -0.25) is 14.5 Å². The van der Waals surface area contributed by atoms with E-state index in [2.05, 4.69) is 10.2 Å². The summed E-state index contributed by atoms with van der Waals surface area (Å²) < 4.78 is 44.0. The number of nitrogens with zero attached hydrogens (tertiary/aromatic N) is 2. The van der Waals surface area contributed by atoms with Gasteiger partial charge in [-0.25, -0.2) is 0 Å². The Labute approximate surface area is 137 Å². The van der Waals surface area contributed by atoms with E-state index >= 15 is 0 Å². The van der Waals surface area contributed by atoms with E-state index in [4.69, 9.17) is 4.74 Å². The van der Waals surface area contributed by atoms with Gasteiger partial charge in [0.2, 0.25) is 5.91 Å². The van der Waals surface area contributed by atoms with Gasteiger partial charge in [0.05, 0.1) is 13.2 Å². The van der Waals surface area contributed by atoms with Gasteiger partial charge in [-0.1, -0.05) is 0 Å². The van der Waals surface area contributed by atoms with Gasteiger partial charge < -0.3 is 14.6 Å². The van der Waals surface area contributed by atoms with Gasteiger partial charge in [0.25, 0.3) is 5.56 Å². The fraction of sp³-hybridized carbons (Fsp3) is 0.600. The molecule has 0 saturated carbocycles. The Bertz CT molecular complexity index is 610. The minimum absolute atomic E-state index is 0.407. The molecule has 2 rings (SSSR count). The third-order valence-electron chi connectivity index (χ3n) is 3.72. The van der Waals surface area contributed by atoms with Crippen LogP contribution in [-0.4, -0.2) is 54.8 Å². The van der Waals surface area contributed by atoms with Gasteiger partial charge in [-0.2, -0.15) is 13.2 Å². The molecule has 134 valence electrons. The van der Waals surface area contributed by atoms with Gasteiger partial charge in [-0.05, 0) is 25.1 Å². The zero-order valence-electron chi connectivity index (χ0n) is 13.1. The Balaban J connectivity index is 1.79. The van der Waals surface area contributed by atoms with E-state index in [0.29, 0.717) is 25.8 Å². The zero-order valence-corrected chi connectivity index (χ0v) is 13.1. The average molecular weight is 347 g/mol. The fourth-order valence-corrected chi connectivity index (χ4v) is 2.44. The standard InChI is InChI=1S/C15H20F3N3O3/c16-15(17,18)12-3-1-6-21(14(12)23)11-13(22)19-4-2-5-20-7-9-24-10-8-20/h1,3,6H,2,4-5,7-11H2,(H,19,22). The number of hydrogen-bond acceptors (Lipinski definition) is 4. The summed E-state index contributed by atoms with van der Waals surface area (Å²) >= 11 is 0. The van der Waals surface area contributed by atoms with E-state index in [1.807, 2.05) is 0 Å². The second-order valence-corrected chi connectivity index (χ2v) is 5.51. The summed E-state index contributed by atoms with van der Waals surface area (Å²) in [6.07, 6.45) is -2.83. The van der Waals surface area contributed by atoms with Crippen molar-refractivity contribution in [1.82, 2.24) is 14.8 Å². The molecular weight excluding hydrogens is 327 g/mol. The highest BCUT2D eigenvalue weighted by Gasteiger charge is 2.34. The predicted molar refractivity (Wildman–Crippen MR) is 80.6 cm³/mol. The molecule has 1 N–H and O–H groups in total. The Hall–Kier alpha value is -1.87. The monoisotopic (exact) mass is 347 g/mol. The molecule has 0 spiro atoms. The molecule has 0 radical (unpaired) electrons. The first-order valence-corrected chi connectivity index (χ1v) is 7.71. The van der Waals surface area contributed by atoms with Gasteiger partial charge >= 0.3 is 6.18 Å². The molecule has 0 aliphatic carbocycles. The van der Waals surface area contributed by atoms with Gasteiger partial charge in [0.1, 0.15) is 12.1 Å². The summed E-state index contributed by atoms with van der Waals surface area (Å²) in [6.45, 7) is 3.90. The molecule has 1 saturated heterocycles. The van der Waals surface area contributed by atoms with Crippen LogP contribution in [0.2, 0.25) is 0 Å². The van der Waals surface area contributed by atoms with Crippen molar-refractivity contribution in [3.05, 3.63) is 34.2 Å². The van der Waals surface area contributed by atoms with Gasteiger partial charge in [0.15, 0.2) is 0 Å². The number of alkyl halides is 3. The molecule has 1 aliphatic rings. The van der Waals surface area contributed by atoms with Crippen LogP contribution in [0, 0.1) is 0 Å². The highest BCUT2D eigenvalue weighted by Crippen LogP contribution is 2.25. The second-order valence-electron chi connectivity index (χ2n) is 5.51. The fourth-order valence-electron chi connectivity index (χ4n) is 2.44. The van der Waals surface area contributed by atoms with Crippen molar-refractivity contribution in [1.29, 1.82) is 0 Å². The lowest BCUT2D eigenvalue weighted by Crippen LogP contribution is -2.39. The van der Waals surface area contributed by atoms with Gasteiger partial charge in [-0.15, -0.1) is 0 Å². The highest BCUT2D eigenvalue weighted by atomic mass is 19.4. The normalized spacial score (nSPS) is 16.1. The average Bonchev–Trinajstić information content (AvgIpc) is 2.53. The number of nitrogens with one attached hydrogen (secondary N) is 1. The van der Waals surface area contributed by atoms with Crippen LogP contribution >= 0.6 is 0 Å². The minimum atomic E-state index is -4.73. The third kappa shape index (κ3) is 5.34. The number of pyridine rings is 1. The molecule has 1 aliphatic heterocycles. The molecule has 1 aromatic heterocycles. The molecule has 1 fully saturated rings. The Morgan fingerprint density at radius 1 is 1.29 bits per heavy atom. The zero-order chi connectivity index (χ0) is 17.6. The van der Waals surface area contributed by atoms with E-state index in [-0.39, 0.29) is 0 Å². The summed E-state index contributed by atoms with van der Waals surface area (Å²) in [5.41, 5.74) is -2.49. The number of carbonyl (C=O) groups excluding carboxylic acids is 1. The predicted octanol–water partition coefficient (Wildman–Crippen LogP) is 0.706. The molecule has 2 heterocycles. The van der Waals surface area contributed by atoms with Crippen molar-refractivity contribution in [3.8, 4) is 0 Å². The lowest BCUT2D eigenvalue weighted by Gasteiger charge is -2.26. The Morgan fingerprint density at radius 3 is 2.67 bits per heavy atom. The van der Waals surface area contributed by atoms with Crippen molar-refractivity contribution in [3.63, 3.8) is 0 Å². The quantitative estimate of drug-likeness (QED) is 0.770. The molecule has 0 atom stereocenters. The topological polar surface area (TPSA) is 63.6 Å². The molecule has 0 bridgehead atoms. The van der Waals surface area contributed by atoms with E-state index < -0.39 is 29.8 Å². The Morgan fingerprint density at radius 2 is 2.00 bits per heavy atom. The second kappa shape index (κ2) is 8.29. The Kier molecular flexibility index (Phi) is 6.38. The molecule has 0 unspecified atom stereocenters. The van der Waals surface area contributed by atoms with E-state index in [1.54, 1.807) is 0 Å². The highest BCUT2D eigenvalue weighted by molar-refractivity contribution is 5.75. The number of hydrogen-bond donors (Lipinski definition) is 1. The summed E-state index contributed by atoms with van der Waals surface area (Å²) in [4.78, 5) is 25.7. The molecule has 1 aromatic rings. The van der Waals surface area contributed by atoms with E-state index in [9.17, 15) is 22.8 Å². The minimum Gasteiger partial charge on any atom is -0.379 e. The lowest BCUT2D eigenvalue weighted by molar-refractivity contribution is -0.139. The molecule has 6 nitrogen and oxygen atoms in total. The largest absolute Gasteiger partial charge is 0.421 e. The van der Waals surface area contributed by atoms with Crippen molar-refractivity contribution >= 4 is 5.91 Å². The molecule has 0 aromatic carbocycles. The van der Waals surface area contributed by atoms with E-state index in [1.165, 1.54) is 6.20 Å². The van der Waals surface area contributed by atoms with Crippen LogP contribution < -0.4 is 10.9 Å². The molecule has 9 heteroatoms. The van der Waals surface area contributed by atoms with Crippen molar-refractivity contribution in [2.75, 3.05) is 39.4 Å². The lowest BCUT2D eigenvalue weighted by atomic mass is 10.2. The summed E-state index contributed by atoms with van der Waals surface area (Å²) in [6, 6.07) is 1.81. The first-order chi connectivity index (χ1) is 11.4. The smallest absolute Gasteiger partial charge is 0.379 e. The molecule has 24 heavy (non-hydrogen) atoms. The van der Waals surface area contributed by atoms with Crippen molar-refractivity contribution in [2.45, 2.75) is 19.1 Å². The summed E-state index contributed by atoms with van der Waals surface area (Å²) in [7, 11) is 0. The van der Waals surface area contributed by atoms with Crippen LogP contribution in [-0.2, 0) is 22.3 Å². The maximum absolute atomic E-state index is 12.7. The van der Waals surface area contributed by atoms with Crippen molar-refractivity contribution in [2.24, 2.45) is 0 Å². The first-order valence-electron chi connectivity index (χ1n) is 7.71. The number of morpholine rings is 1. The first kappa shape index (κ1) is 18.5. The van der Waals surface area contributed by atoms with E-state index in [0.717, 1.165) is 36.7 Å². The number of amides is 1. The summed E-state index contributed by atoms with van der Waals surface area (Å²) in [5, 5.41) is 2.62. The molecular formula is C15H20F3N3O3. The number of ether oxygens (including phenoxy) is 1. The maximum atomic E-state index is 12.7. The van der Waals surface area contributed by atoms with Crippen LogP contribution in [0.4, 0.5) is 13.2 Å². The number of aromatic nitrogens is 1. The van der Waals surface area contributed by atoms with Crippen LogP contribution in [0.1, 0.15) is 12.0 Å². The SMILES string of the molecule is O=C(Cn1cccc(C(F)(F)F)c1=O)NCCCN1CCOCC1. The molecule has 1 amide bonds. The van der Waals surface area contributed by atoms with Crippen LogP contribution in [0.15, 0.2) is 23.1 Å². The third-order valence-corrected chi connectivity index (χ3v) is 3.72. The number of rotatable bonds is 6. The van der Waals surface area contributed by atoms with Crippen LogP contribution in [0.5, 0.6) is 0 Å². The maximum Gasteiger partial charge on any atom is 0.421 e. The number of halogens is 3.